The monoisotopic (exact) mass is 337 g/mol. The van der Waals surface area contributed by atoms with Gasteiger partial charge in [-0.05, 0) is 30.3 Å². The summed E-state index contributed by atoms with van der Waals surface area (Å²) in [7, 11) is 3.45. The first kappa shape index (κ1) is 15.4. The number of methoxy groups -OCH3 is 1. The molecule has 0 bridgehead atoms. The Labute approximate surface area is 145 Å². The minimum Gasteiger partial charge on any atom is -0.497 e. The van der Waals surface area contributed by atoms with Crippen molar-refractivity contribution in [1.29, 1.82) is 0 Å². The maximum Gasteiger partial charge on any atom is 0.272 e. The molecule has 0 saturated carbocycles. The van der Waals surface area contributed by atoms with E-state index < -0.39 is 0 Å². The highest BCUT2D eigenvalue weighted by Gasteiger charge is 2.30. The van der Waals surface area contributed by atoms with Crippen LogP contribution in [0.1, 0.15) is 10.5 Å². The van der Waals surface area contributed by atoms with Crippen LogP contribution in [-0.2, 0) is 7.05 Å². The zero-order chi connectivity index (χ0) is 17.4. The third kappa shape index (κ3) is 2.88. The van der Waals surface area contributed by atoms with E-state index in [4.69, 9.17) is 4.74 Å². The second-order valence-electron chi connectivity index (χ2n) is 6.16. The quantitative estimate of drug-likeness (QED) is 0.783. The summed E-state index contributed by atoms with van der Waals surface area (Å²) >= 11 is 0. The van der Waals surface area contributed by atoms with Crippen molar-refractivity contribution in [3.63, 3.8) is 0 Å². The van der Waals surface area contributed by atoms with Crippen LogP contribution in [0.25, 0.3) is 10.9 Å². The lowest BCUT2D eigenvalue weighted by Crippen LogP contribution is -2.59. The molecule has 0 unspecified atom stereocenters. The average Bonchev–Trinajstić information content (AvgIpc) is 3.03. The van der Waals surface area contributed by atoms with Gasteiger partial charge in [0.05, 0.1) is 18.7 Å². The van der Waals surface area contributed by atoms with E-state index in [0.29, 0.717) is 5.69 Å². The SMILES string of the molecule is COc1ccc2nccc(N3CC(NC(=O)c4ccn(C)n4)C3)c2c1. The van der Waals surface area contributed by atoms with Crippen LogP contribution in [0.5, 0.6) is 5.75 Å². The highest BCUT2D eigenvalue weighted by Crippen LogP contribution is 2.31. The average molecular weight is 337 g/mol. The molecule has 1 aromatic carbocycles. The van der Waals surface area contributed by atoms with E-state index in [0.717, 1.165) is 35.4 Å². The molecule has 1 amide bonds. The molecular weight excluding hydrogens is 318 g/mol. The van der Waals surface area contributed by atoms with Gasteiger partial charge in [0.1, 0.15) is 11.4 Å². The van der Waals surface area contributed by atoms with Crippen LogP contribution in [0, 0.1) is 0 Å². The molecule has 1 saturated heterocycles. The van der Waals surface area contributed by atoms with Crippen molar-refractivity contribution in [2.24, 2.45) is 7.05 Å². The number of ether oxygens (including phenoxy) is 1. The van der Waals surface area contributed by atoms with Crippen molar-refractivity contribution >= 4 is 22.5 Å². The van der Waals surface area contributed by atoms with Gasteiger partial charge in [-0.15, -0.1) is 0 Å². The van der Waals surface area contributed by atoms with E-state index in [-0.39, 0.29) is 11.9 Å². The van der Waals surface area contributed by atoms with Crippen LogP contribution in [0.2, 0.25) is 0 Å². The molecule has 3 heterocycles. The molecule has 0 aliphatic carbocycles. The minimum atomic E-state index is -0.133. The van der Waals surface area contributed by atoms with Crippen molar-refractivity contribution in [1.82, 2.24) is 20.1 Å². The summed E-state index contributed by atoms with van der Waals surface area (Å²) in [5, 5.41) is 8.20. The van der Waals surface area contributed by atoms with Gasteiger partial charge in [-0.3, -0.25) is 14.5 Å². The van der Waals surface area contributed by atoms with E-state index in [1.54, 1.807) is 31.1 Å². The molecule has 1 aliphatic heterocycles. The summed E-state index contributed by atoms with van der Waals surface area (Å²) in [5.41, 5.74) is 2.48. The molecule has 1 fully saturated rings. The number of carbonyl (C=O) groups excluding carboxylic acids is 1. The molecule has 128 valence electrons. The zero-order valence-corrected chi connectivity index (χ0v) is 14.1. The van der Waals surface area contributed by atoms with Crippen LogP contribution < -0.4 is 15.0 Å². The summed E-state index contributed by atoms with van der Waals surface area (Å²) in [5.74, 6) is 0.675. The van der Waals surface area contributed by atoms with Crippen LogP contribution in [-0.4, -0.2) is 46.9 Å². The first-order valence-corrected chi connectivity index (χ1v) is 8.12. The van der Waals surface area contributed by atoms with Gasteiger partial charge in [-0.2, -0.15) is 5.10 Å². The normalized spacial score (nSPS) is 14.4. The van der Waals surface area contributed by atoms with Gasteiger partial charge < -0.3 is 15.0 Å². The first-order valence-electron chi connectivity index (χ1n) is 8.12. The number of hydrogen-bond donors (Lipinski definition) is 1. The summed E-state index contributed by atoms with van der Waals surface area (Å²) in [6.07, 6.45) is 3.57. The van der Waals surface area contributed by atoms with Crippen LogP contribution >= 0.6 is 0 Å². The van der Waals surface area contributed by atoms with E-state index in [9.17, 15) is 4.79 Å². The van der Waals surface area contributed by atoms with Crippen molar-refractivity contribution < 1.29 is 9.53 Å². The molecule has 1 N–H and O–H groups in total. The largest absolute Gasteiger partial charge is 0.497 e. The van der Waals surface area contributed by atoms with E-state index in [1.165, 1.54) is 0 Å². The fraction of sp³-hybridized carbons (Fsp3) is 0.278. The van der Waals surface area contributed by atoms with Crippen molar-refractivity contribution in [2.75, 3.05) is 25.1 Å². The number of aromatic nitrogens is 3. The molecule has 25 heavy (non-hydrogen) atoms. The standard InChI is InChI=1S/C18H19N5O2/c1-22-8-6-16(21-22)18(24)20-12-10-23(11-12)17-5-7-19-15-4-3-13(25-2)9-14(15)17/h3-9,12H,10-11H2,1-2H3,(H,20,24). The van der Waals surface area contributed by atoms with Gasteiger partial charge in [0.2, 0.25) is 0 Å². The molecule has 7 heteroatoms. The maximum atomic E-state index is 12.2. The number of nitrogens with one attached hydrogen (secondary N) is 1. The van der Waals surface area contributed by atoms with Crippen molar-refractivity contribution in [3.8, 4) is 5.75 Å². The Morgan fingerprint density at radius 3 is 2.84 bits per heavy atom. The van der Waals surface area contributed by atoms with Gasteiger partial charge >= 0.3 is 0 Å². The molecule has 2 aromatic heterocycles. The van der Waals surface area contributed by atoms with E-state index in [1.807, 2.05) is 30.5 Å². The lowest BCUT2D eigenvalue weighted by molar-refractivity contribution is 0.0924. The Bertz CT molecular complexity index is 930. The molecule has 0 spiro atoms. The lowest BCUT2D eigenvalue weighted by Gasteiger charge is -2.41. The fourth-order valence-electron chi connectivity index (χ4n) is 3.08. The Balaban J connectivity index is 1.47. The van der Waals surface area contributed by atoms with E-state index >= 15 is 0 Å². The third-order valence-electron chi connectivity index (χ3n) is 4.43. The molecule has 1 aliphatic rings. The molecular formula is C18H19N5O2. The number of aryl methyl sites for hydroxylation is 1. The molecule has 7 nitrogen and oxygen atoms in total. The summed E-state index contributed by atoms with van der Waals surface area (Å²) in [4.78, 5) is 18.8. The Hall–Kier alpha value is -3.09. The maximum absolute atomic E-state index is 12.2. The lowest BCUT2D eigenvalue weighted by atomic mass is 10.0. The number of carbonyl (C=O) groups is 1. The van der Waals surface area contributed by atoms with Gasteiger partial charge in [0.25, 0.3) is 5.91 Å². The third-order valence-corrected chi connectivity index (χ3v) is 4.43. The zero-order valence-electron chi connectivity index (χ0n) is 14.1. The first-order chi connectivity index (χ1) is 12.1. The summed E-state index contributed by atoms with van der Waals surface area (Å²) < 4.78 is 6.94. The topological polar surface area (TPSA) is 72.3 Å². The summed E-state index contributed by atoms with van der Waals surface area (Å²) in [6, 6.07) is 9.69. The summed E-state index contributed by atoms with van der Waals surface area (Å²) in [6.45, 7) is 1.52. The molecule has 3 aromatic rings. The minimum absolute atomic E-state index is 0.114. The van der Waals surface area contributed by atoms with Crippen molar-refractivity contribution in [3.05, 3.63) is 48.4 Å². The Kier molecular flexibility index (Phi) is 3.76. The number of rotatable bonds is 4. The second kappa shape index (κ2) is 6.08. The number of amides is 1. The molecule has 0 radical (unpaired) electrons. The van der Waals surface area contributed by atoms with Gasteiger partial charge in [0, 0.05) is 43.6 Å². The fourth-order valence-corrected chi connectivity index (χ4v) is 3.08. The van der Waals surface area contributed by atoms with Gasteiger partial charge in [0.15, 0.2) is 0 Å². The second-order valence-corrected chi connectivity index (χ2v) is 6.16. The number of nitrogens with zero attached hydrogens (tertiary/aromatic N) is 4. The van der Waals surface area contributed by atoms with Crippen LogP contribution in [0.4, 0.5) is 5.69 Å². The van der Waals surface area contributed by atoms with E-state index in [2.05, 4.69) is 20.3 Å². The van der Waals surface area contributed by atoms with Gasteiger partial charge in [-0.1, -0.05) is 0 Å². The smallest absolute Gasteiger partial charge is 0.272 e. The predicted molar refractivity (Wildman–Crippen MR) is 95.0 cm³/mol. The number of benzene rings is 1. The van der Waals surface area contributed by atoms with Crippen LogP contribution in [0.3, 0.4) is 0 Å². The molecule has 0 atom stereocenters. The number of pyridine rings is 1. The highest BCUT2D eigenvalue weighted by atomic mass is 16.5. The van der Waals surface area contributed by atoms with Gasteiger partial charge in [-0.25, -0.2) is 0 Å². The number of anilines is 1. The highest BCUT2D eigenvalue weighted by molar-refractivity contribution is 5.94. The molecule has 4 rings (SSSR count). The Morgan fingerprint density at radius 2 is 2.12 bits per heavy atom. The number of hydrogen-bond acceptors (Lipinski definition) is 5. The van der Waals surface area contributed by atoms with Crippen molar-refractivity contribution in [2.45, 2.75) is 6.04 Å². The number of fused-ring (bicyclic) bond motifs is 1. The predicted octanol–water partition coefficient (Wildman–Crippen LogP) is 1.60. The van der Waals surface area contributed by atoms with Crippen LogP contribution in [0.15, 0.2) is 42.7 Å². The Morgan fingerprint density at radius 1 is 1.28 bits per heavy atom.